The molecule has 0 aliphatic carbocycles. The highest BCUT2D eigenvalue weighted by Crippen LogP contribution is 2.07. The van der Waals surface area contributed by atoms with E-state index in [1.165, 1.54) is 5.56 Å². The Labute approximate surface area is 101 Å². The zero-order valence-corrected chi connectivity index (χ0v) is 10.2. The Morgan fingerprint density at radius 3 is 2.88 bits per heavy atom. The molecule has 0 unspecified atom stereocenters. The van der Waals surface area contributed by atoms with Gasteiger partial charge in [-0.3, -0.25) is 9.67 Å². The van der Waals surface area contributed by atoms with E-state index in [1.807, 2.05) is 43.3 Å². The van der Waals surface area contributed by atoms with Gasteiger partial charge < -0.3 is 5.32 Å². The lowest BCUT2D eigenvalue weighted by atomic mass is 10.2. The number of pyridine rings is 1. The molecule has 0 aliphatic rings. The van der Waals surface area contributed by atoms with E-state index >= 15 is 0 Å². The van der Waals surface area contributed by atoms with E-state index in [0.717, 1.165) is 17.9 Å². The van der Waals surface area contributed by atoms with Gasteiger partial charge in [-0.15, -0.1) is 12.4 Å². The number of aromatic nitrogens is 3. The molecule has 0 saturated carbocycles. The van der Waals surface area contributed by atoms with Gasteiger partial charge in [-0.1, -0.05) is 0 Å². The van der Waals surface area contributed by atoms with Crippen LogP contribution in [0.1, 0.15) is 11.3 Å². The molecule has 2 heterocycles. The number of rotatable bonds is 3. The second-order valence-electron chi connectivity index (χ2n) is 3.48. The molecular formula is C11H15ClN4. The second kappa shape index (κ2) is 5.51. The van der Waals surface area contributed by atoms with Crippen LogP contribution in [0.3, 0.4) is 0 Å². The van der Waals surface area contributed by atoms with Gasteiger partial charge in [-0.25, -0.2) is 0 Å². The molecule has 0 radical (unpaired) electrons. The summed E-state index contributed by atoms with van der Waals surface area (Å²) >= 11 is 0. The standard InChI is InChI=1S/C11H14N4.ClH/c1-9-5-10(3-4-13-9)7-15-8-11(12-2)6-14-15;/h3-6,8,12H,7H2,1-2H3;1H. The van der Waals surface area contributed by atoms with Gasteiger partial charge in [0.05, 0.1) is 18.4 Å². The second-order valence-corrected chi connectivity index (χ2v) is 3.48. The highest BCUT2D eigenvalue weighted by atomic mass is 35.5. The van der Waals surface area contributed by atoms with Crippen LogP contribution in [0.2, 0.25) is 0 Å². The molecule has 0 fully saturated rings. The SMILES string of the molecule is CNc1cnn(Cc2ccnc(C)c2)c1.Cl. The molecule has 0 aliphatic heterocycles. The van der Waals surface area contributed by atoms with Crippen molar-refractivity contribution in [3.63, 3.8) is 0 Å². The van der Waals surface area contributed by atoms with Crippen LogP contribution in [-0.4, -0.2) is 21.8 Å². The van der Waals surface area contributed by atoms with Crippen molar-refractivity contribution in [1.82, 2.24) is 14.8 Å². The summed E-state index contributed by atoms with van der Waals surface area (Å²) in [6.07, 6.45) is 5.62. The fourth-order valence-corrected chi connectivity index (χ4v) is 1.47. The van der Waals surface area contributed by atoms with Crippen LogP contribution >= 0.6 is 12.4 Å². The summed E-state index contributed by atoms with van der Waals surface area (Å²) in [5, 5.41) is 7.29. The first-order valence-corrected chi connectivity index (χ1v) is 4.89. The van der Waals surface area contributed by atoms with E-state index in [2.05, 4.69) is 21.5 Å². The van der Waals surface area contributed by atoms with Gasteiger partial charge in [-0.05, 0) is 24.6 Å². The van der Waals surface area contributed by atoms with E-state index < -0.39 is 0 Å². The maximum absolute atomic E-state index is 4.25. The van der Waals surface area contributed by atoms with Crippen molar-refractivity contribution in [3.05, 3.63) is 42.0 Å². The third kappa shape index (κ3) is 2.97. The van der Waals surface area contributed by atoms with Crippen molar-refractivity contribution in [1.29, 1.82) is 0 Å². The molecule has 4 nitrogen and oxygen atoms in total. The van der Waals surface area contributed by atoms with E-state index in [0.29, 0.717) is 0 Å². The molecule has 1 N–H and O–H groups in total. The maximum Gasteiger partial charge on any atom is 0.0724 e. The molecule has 86 valence electrons. The van der Waals surface area contributed by atoms with Crippen molar-refractivity contribution in [2.75, 3.05) is 12.4 Å². The van der Waals surface area contributed by atoms with E-state index in [1.54, 1.807) is 0 Å². The molecular weight excluding hydrogens is 224 g/mol. The predicted octanol–water partition coefficient (Wildman–Crippen LogP) is 2.10. The van der Waals surface area contributed by atoms with Crippen LogP contribution in [0.25, 0.3) is 0 Å². The molecule has 2 rings (SSSR count). The smallest absolute Gasteiger partial charge is 0.0724 e. The van der Waals surface area contributed by atoms with Crippen molar-refractivity contribution in [2.24, 2.45) is 0 Å². The van der Waals surface area contributed by atoms with E-state index in [4.69, 9.17) is 0 Å². The fraction of sp³-hybridized carbons (Fsp3) is 0.273. The summed E-state index contributed by atoms with van der Waals surface area (Å²) in [4.78, 5) is 4.16. The summed E-state index contributed by atoms with van der Waals surface area (Å²) in [5.74, 6) is 0. The van der Waals surface area contributed by atoms with Gasteiger partial charge in [-0.2, -0.15) is 5.10 Å². The first-order valence-electron chi connectivity index (χ1n) is 4.89. The highest BCUT2D eigenvalue weighted by molar-refractivity contribution is 5.85. The third-order valence-corrected chi connectivity index (χ3v) is 2.23. The van der Waals surface area contributed by atoms with Gasteiger partial charge >= 0.3 is 0 Å². The predicted molar refractivity (Wildman–Crippen MR) is 67.1 cm³/mol. The number of halogens is 1. The topological polar surface area (TPSA) is 42.7 Å². The van der Waals surface area contributed by atoms with Crippen LogP contribution in [0, 0.1) is 6.92 Å². The monoisotopic (exact) mass is 238 g/mol. The lowest BCUT2D eigenvalue weighted by Crippen LogP contribution is -2.00. The van der Waals surface area contributed by atoms with Crippen LogP contribution in [-0.2, 0) is 6.54 Å². The van der Waals surface area contributed by atoms with E-state index in [9.17, 15) is 0 Å². The number of hydrogen-bond donors (Lipinski definition) is 1. The van der Waals surface area contributed by atoms with Gasteiger partial charge in [0.15, 0.2) is 0 Å². The summed E-state index contributed by atoms with van der Waals surface area (Å²) < 4.78 is 1.90. The van der Waals surface area contributed by atoms with Crippen LogP contribution in [0.5, 0.6) is 0 Å². The molecule has 0 aromatic carbocycles. The first kappa shape index (κ1) is 12.5. The number of nitrogens with zero attached hydrogens (tertiary/aromatic N) is 3. The Balaban J connectivity index is 0.00000128. The number of hydrogen-bond acceptors (Lipinski definition) is 3. The van der Waals surface area contributed by atoms with Gasteiger partial charge in [0, 0.05) is 25.1 Å². The van der Waals surface area contributed by atoms with E-state index in [-0.39, 0.29) is 12.4 Å². The maximum atomic E-state index is 4.25. The van der Waals surface area contributed by atoms with Crippen LogP contribution in [0.4, 0.5) is 5.69 Å². The molecule has 16 heavy (non-hydrogen) atoms. The van der Waals surface area contributed by atoms with Crippen molar-refractivity contribution in [2.45, 2.75) is 13.5 Å². The molecule has 0 amide bonds. The molecule has 2 aromatic heterocycles. The van der Waals surface area contributed by atoms with Gasteiger partial charge in [0.1, 0.15) is 0 Å². The molecule has 0 bridgehead atoms. The molecule has 0 saturated heterocycles. The minimum Gasteiger partial charge on any atom is -0.386 e. The zero-order chi connectivity index (χ0) is 10.7. The summed E-state index contributed by atoms with van der Waals surface area (Å²) in [6, 6.07) is 4.08. The Morgan fingerprint density at radius 2 is 2.25 bits per heavy atom. The molecule has 2 aromatic rings. The number of anilines is 1. The molecule has 5 heteroatoms. The Bertz CT molecular complexity index is 453. The van der Waals surface area contributed by atoms with Crippen LogP contribution in [0.15, 0.2) is 30.7 Å². The summed E-state index contributed by atoms with van der Waals surface area (Å²) in [6.45, 7) is 2.77. The molecule has 0 atom stereocenters. The minimum absolute atomic E-state index is 0. The number of aryl methyl sites for hydroxylation is 1. The Morgan fingerprint density at radius 1 is 1.44 bits per heavy atom. The zero-order valence-electron chi connectivity index (χ0n) is 9.34. The normalized spacial score (nSPS) is 9.62. The van der Waals surface area contributed by atoms with Crippen LogP contribution < -0.4 is 5.32 Å². The van der Waals surface area contributed by atoms with Gasteiger partial charge in [0.25, 0.3) is 0 Å². The summed E-state index contributed by atoms with van der Waals surface area (Å²) in [5.41, 5.74) is 3.28. The minimum atomic E-state index is 0. The van der Waals surface area contributed by atoms with Gasteiger partial charge in [0.2, 0.25) is 0 Å². The average molecular weight is 239 g/mol. The fourth-order valence-electron chi connectivity index (χ4n) is 1.47. The first-order chi connectivity index (χ1) is 7.28. The van der Waals surface area contributed by atoms with Crippen molar-refractivity contribution >= 4 is 18.1 Å². The summed E-state index contributed by atoms with van der Waals surface area (Å²) in [7, 11) is 1.89. The van der Waals surface area contributed by atoms with Crippen molar-refractivity contribution in [3.8, 4) is 0 Å². The largest absolute Gasteiger partial charge is 0.386 e. The Hall–Kier alpha value is -1.55. The average Bonchev–Trinajstić information content (AvgIpc) is 2.65. The number of nitrogens with one attached hydrogen (secondary N) is 1. The van der Waals surface area contributed by atoms with Crippen molar-refractivity contribution < 1.29 is 0 Å². The molecule has 0 spiro atoms. The quantitative estimate of drug-likeness (QED) is 0.891. The Kier molecular flexibility index (Phi) is 4.31. The lowest BCUT2D eigenvalue weighted by molar-refractivity contribution is 0.685. The third-order valence-electron chi connectivity index (χ3n) is 2.23. The lowest BCUT2D eigenvalue weighted by Gasteiger charge is -2.02. The highest BCUT2D eigenvalue weighted by Gasteiger charge is 1.98.